The first-order valence-electron chi connectivity index (χ1n) is 10.7. The van der Waals surface area contributed by atoms with Crippen LogP contribution in [0.5, 0.6) is 5.75 Å². The largest absolute Gasteiger partial charge is 0.492 e. The van der Waals surface area contributed by atoms with Crippen molar-refractivity contribution in [1.82, 2.24) is 19.4 Å². The highest BCUT2D eigenvalue weighted by Gasteiger charge is 2.21. The first-order chi connectivity index (χ1) is 15.7. The lowest BCUT2D eigenvalue weighted by Crippen LogP contribution is -2.50. The molecule has 2 amide bonds. The van der Waals surface area contributed by atoms with Gasteiger partial charge in [0.25, 0.3) is 0 Å². The second-order valence-electron chi connectivity index (χ2n) is 7.65. The third kappa shape index (κ3) is 5.95. The van der Waals surface area contributed by atoms with Crippen LogP contribution in [0.15, 0.2) is 77.9 Å². The first-order valence-corrected chi connectivity index (χ1v) is 10.7. The van der Waals surface area contributed by atoms with Crippen LogP contribution in [0.4, 0.5) is 10.5 Å². The van der Waals surface area contributed by atoms with Crippen LogP contribution in [0, 0.1) is 0 Å². The highest BCUT2D eigenvalue weighted by molar-refractivity contribution is 5.89. The van der Waals surface area contributed by atoms with E-state index in [4.69, 9.17) is 4.74 Å². The summed E-state index contributed by atoms with van der Waals surface area (Å²) in [6.45, 7) is 4.83. The third-order valence-corrected chi connectivity index (χ3v) is 5.39. The van der Waals surface area contributed by atoms with Gasteiger partial charge in [0, 0.05) is 50.8 Å². The SMILES string of the molecule is O=C(Nc1cccc(Cn2cccnc2=O)c1)N1CCN(CCOc2ccccc2)CC1. The smallest absolute Gasteiger partial charge is 0.347 e. The van der Waals surface area contributed by atoms with Gasteiger partial charge in [0.1, 0.15) is 12.4 Å². The predicted molar refractivity (Wildman–Crippen MR) is 123 cm³/mol. The highest BCUT2D eigenvalue weighted by Crippen LogP contribution is 2.13. The Bertz CT molecular complexity index is 1080. The van der Waals surface area contributed by atoms with Gasteiger partial charge >= 0.3 is 11.7 Å². The topological polar surface area (TPSA) is 79.7 Å². The molecule has 0 aliphatic carbocycles. The van der Waals surface area contributed by atoms with Crippen LogP contribution in [-0.2, 0) is 6.54 Å². The molecule has 1 saturated heterocycles. The zero-order chi connectivity index (χ0) is 22.2. The fourth-order valence-electron chi connectivity index (χ4n) is 3.64. The van der Waals surface area contributed by atoms with Crippen molar-refractivity contribution in [3.8, 4) is 5.75 Å². The van der Waals surface area contributed by atoms with E-state index in [1.807, 2.05) is 59.5 Å². The molecule has 1 aromatic heterocycles. The number of nitrogens with one attached hydrogen (secondary N) is 1. The predicted octanol–water partition coefficient (Wildman–Crippen LogP) is 2.52. The van der Waals surface area contributed by atoms with E-state index < -0.39 is 0 Å². The van der Waals surface area contributed by atoms with E-state index >= 15 is 0 Å². The maximum atomic E-state index is 12.7. The van der Waals surface area contributed by atoms with E-state index in [1.165, 1.54) is 10.8 Å². The van der Waals surface area contributed by atoms with Crippen molar-refractivity contribution in [3.05, 3.63) is 89.1 Å². The lowest BCUT2D eigenvalue weighted by molar-refractivity contribution is 0.132. The summed E-state index contributed by atoms with van der Waals surface area (Å²) in [6.07, 6.45) is 3.18. The van der Waals surface area contributed by atoms with Gasteiger partial charge in [-0.25, -0.2) is 14.6 Å². The molecule has 0 unspecified atom stereocenters. The fraction of sp³-hybridized carbons (Fsp3) is 0.292. The molecule has 2 aromatic carbocycles. The van der Waals surface area contributed by atoms with Gasteiger partial charge in [-0.1, -0.05) is 30.3 Å². The van der Waals surface area contributed by atoms with E-state index in [1.54, 1.807) is 12.3 Å². The van der Waals surface area contributed by atoms with Crippen LogP contribution in [0.25, 0.3) is 0 Å². The number of urea groups is 1. The second-order valence-corrected chi connectivity index (χ2v) is 7.65. The molecule has 0 saturated carbocycles. The van der Waals surface area contributed by atoms with E-state index in [-0.39, 0.29) is 11.7 Å². The number of rotatable bonds is 7. The molecular weight excluding hydrogens is 406 g/mol. The zero-order valence-corrected chi connectivity index (χ0v) is 17.9. The summed E-state index contributed by atoms with van der Waals surface area (Å²) in [5.41, 5.74) is 1.33. The Hall–Kier alpha value is -3.65. The number of carbonyl (C=O) groups is 1. The Kier molecular flexibility index (Phi) is 7.14. The molecule has 4 rings (SSSR count). The molecule has 0 spiro atoms. The zero-order valence-electron chi connectivity index (χ0n) is 17.9. The fourth-order valence-corrected chi connectivity index (χ4v) is 3.64. The number of nitrogens with zero attached hydrogens (tertiary/aromatic N) is 4. The summed E-state index contributed by atoms with van der Waals surface area (Å²) >= 11 is 0. The Morgan fingerprint density at radius 1 is 1.00 bits per heavy atom. The molecule has 1 N–H and O–H groups in total. The monoisotopic (exact) mass is 433 g/mol. The summed E-state index contributed by atoms with van der Waals surface area (Å²) in [5.74, 6) is 0.876. The number of carbonyl (C=O) groups excluding carboxylic acids is 1. The number of para-hydroxylation sites is 1. The Morgan fingerprint density at radius 2 is 1.81 bits per heavy atom. The molecule has 1 fully saturated rings. The maximum absolute atomic E-state index is 12.7. The molecule has 166 valence electrons. The van der Waals surface area contributed by atoms with Crippen molar-refractivity contribution in [2.45, 2.75) is 6.54 Å². The van der Waals surface area contributed by atoms with Gasteiger partial charge in [0.2, 0.25) is 0 Å². The molecule has 0 bridgehead atoms. The number of piperazine rings is 1. The third-order valence-electron chi connectivity index (χ3n) is 5.39. The number of benzene rings is 2. The molecule has 1 aliphatic heterocycles. The summed E-state index contributed by atoms with van der Waals surface area (Å²) in [4.78, 5) is 32.4. The molecule has 0 radical (unpaired) electrons. The molecule has 3 aromatic rings. The van der Waals surface area contributed by atoms with Crippen molar-refractivity contribution < 1.29 is 9.53 Å². The Labute approximate surface area is 187 Å². The summed E-state index contributed by atoms with van der Waals surface area (Å²) < 4.78 is 7.29. The summed E-state index contributed by atoms with van der Waals surface area (Å²) in [5, 5.41) is 2.97. The van der Waals surface area contributed by atoms with Crippen LogP contribution >= 0.6 is 0 Å². The maximum Gasteiger partial charge on any atom is 0.347 e. The van der Waals surface area contributed by atoms with Gasteiger partial charge in [0.15, 0.2) is 0 Å². The Morgan fingerprint density at radius 3 is 2.59 bits per heavy atom. The number of hydrogen-bond donors (Lipinski definition) is 1. The summed E-state index contributed by atoms with van der Waals surface area (Å²) in [6, 6.07) is 18.9. The normalized spacial score (nSPS) is 14.2. The van der Waals surface area contributed by atoms with Crippen LogP contribution in [0.2, 0.25) is 0 Å². The van der Waals surface area contributed by atoms with Crippen molar-refractivity contribution in [3.63, 3.8) is 0 Å². The van der Waals surface area contributed by atoms with Crippen LogP contribution < -0.4 is 15.7 Å². The van der Waals surface area contributed by atoms with Crippen LogP contribution in [0.3, 0.4) is 0 Å². The van der Waals surface area contributed by atoms with Gasteiger partial charge in [-0.05, 0) is 35.9 Å². The minimum absolute atomic E-state index is 0.110. The van der Waals surface area contributed by atoms with Gasteiger partial charge in [0.05, 0.1) is 6.54 Å². The van der Waals surface area contributed by atoms with Crippen molar-refractivity contribution >= 4 is 11.7 Å². The minimum Gasteiger partial charge on any atom is -0.492 e. The number of aromatic nitrogens is 2. The molecule has 1 aliphatic rings. The van der Waals surface area contributed by atoms with Crippen molar-refractivity contribution in [2.24, 2.45) is 0 Å². The van der Waals surface area contributed by atoms with Crippen LogP contribution in [-0.4, -0.2) is 64.7 Å². The van der Waals surface area contributed by atoms with Crippen LogP contribution in [0.1, 0.15) is 5.56 Å². The van der Waals surface area contributed by atoms with E-state index in [9.17, 15) is 9.59 Å². The molecular formula is C24H27N5O3. The lowest BCUT2D eigenvalue weighted by atomic mass is 10.2. The minimum atomic E-state index is -0.297. The number of ether oxygens (including phenoxy) is 1. The van der Waals surface area contributed by atoms with E-state index in [0.29, 0.717) is 31.9 Å². The molecule has 32 heavy (non-hydrogen) atoms. The quantitative estimate of drug-likeness (QED) is 0.619. The lowest BCUT2D eigenvalue weighted by Gasteiger charge is -2.34. The number of amides is 2. The molecule has 0 atom stereocenters. The van der Waals surface area contributed by atoms with Gasteiger partial charge < -0.3 is 15.0 Å². The van der Waals surface area contributed by atoms with E-state index in [0.717, 1.165) is 30.9 Å². The first kappa shape index (κ1) is 21.6. The summed E-state index contributed by atoms with van der Waals surface area (Å²) in [7, 11) is 0. The average Bonchev–Trinajstić information content (AvgIpc) is 2.82. The number of hydrogen-bond acceptors (Lipinski definition) is 5. The highest BCUT2D eigenvalue weighted by atomic mass is 16.5. The standard InChI is InChI=1S/C24H27N5O3/c30-23-25-10-5-11-29(23)19-20-6-4-7-21(18-20)26-24(31)28-14-12-27(13-15-28)16-17-32-22-8-2-1-3-9-22/h1-11,18H,12-17,19H2,(H,26,31). The van der Waals surface area contributed by atoms with Gasteiger partial charge in [-0.3, -0.25) is 9.47 Å². The van der Waals surface area contributed by atoms with Gasteiger partial charge in [-0.2, -0.15) is 0 Å². The van der Waals surface area contributed by atoms with Gasteiger partial charge in [-0.15, -0.1) is 0 Å². The second kappa shape index (κ2) is 10.6. The van der Waals surface area contributed by atoms with Crippen molar-refractivity contribution in [2.75, 3.05) is 44.6 Å². The molecule has 8 heteroatoms. The van der Waals surface area contributed by atoms with E-state index in [2.05, 4.69) is 15.2 Å². The average molecular weight is 434 g/mol. The Balaban J connectivity index is 1.23. The van der Waals surface area contributed by atoms with Crippen molar-refractivity contribution in [1.29, 1.82) is 0 Å². The number of anilines is 1. The molecule has 2 heterocycles. The molecule has 8 nitrogen and oxygen atoms in total.